The number of ether oxygens (including phenoxy) is 1. The van der Waals surface area contributed by atoms with Gasteiger partial charge in [-0.2, -0.15) is 0 Å². The second kappa shape index (κ2) is 7.74. The van der Waals surface area contributed by atoms with E-state index in [-0.39, 0.29) is 12.7 Å². The SMILES string of the molecule is CC1CCCC(C[C@H]2C[C@@H](O)[C@@H](O)[C@@H](CO)O2)CCC1. The normalized spacial score (nSPS) is 43.8. The number of hydrogen-bond acceptors (Lipinski definition) is 4. The summed E-state index contributed by atoms with van der Waals surface area (Å²) in [4.78, 5) is 0. The molecule has 4 nitrogen and oxygen atoms in total. The predicted octanol–water partition coefficient (Wildman–Crippen LogP) is 1.85. The first-order valence-electron chi connectivity index (χ1n) is 8.22. The van der Waals surface area contributed by atoms with Crippen molar-refractivity contribution < 1.29 is 20.1 Å². The third kappa shape index (κ3) is 4.42. The van der Waals surface area contributed by atoms with Crippen LogP contribution in [0.4, 0.5) is 0 Å². The minimum absolute atomic E-state index is 0.0209. The highest BCUT2D eigenvalue weighted by atomic mass is 16.5. The average Bonchev–Trinajstić information content (AvgIpc) is 2.40. The van der Waals surface area contributed by atoms with E-state index in [1.165, 1.54) is 38.5 Å². The molecular formula is C16H30O4. The summed E-state index contributed by atoms with van der Waals surface area (Å²) < 4.78 is 5.75. The van der Waals surface area contributed by atoms with Crippen molar-refractivity contribution in [2.75, 3.05) is 6.61 Å². The lowest BCUT2D eigenvalue weighted by Crippen LogP contribution is -2.50. The van der Waals surface area contributed by atoms with Gasteiger partial charge in [0, 0.05) is 6.42 Å². The van der Waals surface area contributed by atoms with E-state index in [4.69, 9.17) is 4.74 Å². The topological polar surface area (TPSA) is 69.9 Å². The first-order chi connectivity index (χ1) is 9.60. The number of rotatable bonds is 3. The Kier molecular flexibility index (Phi) is 6.27. The molecule has 1 saturated heterocycles. The van der Waals surface area contributed by atoms with Gasteiger partial charge in [0.2, 0.25) is 0 Å². The third-order valence-electron chi connectivity index (χ3n) is 5.04. The van der Waals surface area contributed by atoms with Crippen molar-refractivity contribution in [3.05, 3.63) is 0 Å². The van der Waals surface area contributed by atoms with Gasteiger partial charge in [-0.3, -0.25) is 0 Å². The van der Waals surface area contributed by atoms with Crippen LogP contribution in [-0.2, 0) is 4.74 Å². The molecule has 1 aliphatic heterocycles. The Morgan fingerprint density at radius 2 is 1.70 bits per heavy atom. The molecule has 0 aromatic carbocycles. The first kappa shape index (κ1) is 16.2. The van der Waals surface area contributed by atoms with Crippen LogP contribution < -0.4 is 0 Å². The molecule has 1 saturated carbocycles. The van der Waals surface area contributed by atoms with Crippen molar-refractivity contribution >= 4 is 0 Å². The smallest absolute Gasteiger partial charge is 0.109 e. The second-order valence-electron chi connectivity index (χ2n) is 6.84. The lowest BCUT2D eigenvalue weighted by Gasteiger charge is -2.38. The minimum atomic E-state index is -0.950. The van der Waals surface area contributed by atoms with Crippen molar-refractivity contribution in [3.63, 3.8) is 0 Å². The minimum Gasteiger partial charge on any atom is -0.394 e. The first-order valence-corrected chi connectivity index (χ1v) is 8.22. The summed E-state index contributed by atoms with van der Waals surface area (Å²) in [5.41, 5.74) is 0. The summed E-state index contributed by atoms with van der Waals surface area (Å²) in [7, 11) is 0. The summed E-state index contributed by atoms with van der Waals surface area (Å²) in [6.45, 7) is 2.12. The lowest BCUT2D eigenvalue weighted by molar-refractivity contribution is -0.183. The van der Waals surface area contributed by atoms with Crippen LogP contribution in [0.3, 0.4) is 0 Å². The van der Waals surface area contributed by atoms with E-state index in [0.717, 1.165) is 12.3 Å². The van der Waals surface area contributed by atoms with Crippen LogP contribution in [0.2, 0.25) is 0 Å². The second-order valence-corrected chi connectivity index (χ2v) is 6.84. The Labute approximate surface area is 122 Å². The molecule has 3 N–H and O–H groups in total. The van der Waals surface area contributed by atoms with E-state index in [9.17, 15) is 15.3 Å². The van der Waals surface area contributed by atoms with Crippen LogP contribution in [0.1, 0.15) is 58.3 Å². The van der Waals surface area contributed by atoms with Gasteiger partial charge in [-0.05, 0) is 18.3 Å². The molecule has 0 unspecified atom stereocenters. The van der Waals surface area contributed by atoms with Crippen molar-refractivity contribution in [3.8, 4) is 0 Å². The Balaban J connectivity index is 1.82. The van der Waals surface area contributed by atoms with Gasteiger partial charge in [0.25, 0.3) is 0 Å². The van der Waals surface area contributed by atoms with E-state index in [2.05, 4.69) is 6.92 Å². The van der Waals surface area contributed by atoms with Crippen LogP contribution in [0.25, 0.3) is 0 Å². The van der Waals surface area contributed by atoms with Gasteiger partial charge in [-0.1, -0.05) is 45.4 Å². The molecule has 1 aliphatic carbocycles. The van der Waals surface area contributed by atoms with Gasteiger partial charge < -0.3 is 20.1 Å². The maximum absolute atomic E-state index is 9.87. The van der Waals surface area contributed by atoms with Gasteiger partial charge in [0.1, 0.15) is 12.2 Å². The molecule has 0 aromatic rings. The van der Waals surface area contributed by atoms with Gasteiger partial charge in [-0.15, -0.1) is 0 Å². The molecule has 0 radical (unpaired) electrons. The monoisotopic (exact) mass is 286 g/mol. The standard InChI is InChI=1S/C16H30O4/c1-11-4-2-6-12(7-3-5-11)8-13-9-14(18)16(19)15(10-17)20-13/h11-19H,2-10H2,1H3/t11?,12?,13-,14+,15+,16+/m0/s1. The highest BCUT2D eigenvalue weighted by Crippen LogP contribution is 2.32. The zero-order valence-electron chi connectivity index (χ0n) is 12.6. The van der Waals surface area contributed by atoms with E-state index in [1.54, 1.807) is 0 Å². The zero-order chi connectivity index (χ0) is 14.5. The van der Waals surface area contributed by atoms with Crippen LogP contribution in [0, 0.1) is 11.8 Å². The van der Waals surface area contributed by atoms with Gasteiger partial charge in [0.15, 0.2) is 0 Å². The molecule has 20 heavy (non-hydrogen) atoms. The molecule has 2 aliphatic rings. The quantitative estimate of drug-likeness (QED) is 0.740. The molecule has 2 rings (SSSR count). The van der Waals surface area contributed by atoms with Crippen molar-refractivity contribution in [2.24, 2.45) is 11.8 Å². The largest absolute Gasteiger partial charge is 0.394 e. The molecule has 118 valence electrons. The number of aliphatic hydroxyl groups is 3. The van der Waals surface area contributed by atoms with Gasteiger partial charge >= 0.3 is 0 Å². The molecule has 1 heterocycles. The van der Waals surface area contributed by atoms with Crippen molar-refractivity contribution in [2.45, 2.75) is 82.7 Å². The van der Waals surface area contributed by atoms with Crippen molar-refractivity contribution in [1.82, 2.24) is 0 Å². The molecule has 0 bridgehead atoms. The van der Waals surface area contributed by atoms with Crippen LogP contribution >= 0.6 is 0 Å². The van der Waals surface area contributed by atoms with E-state index >= 15 is 0 Å². The molecule has 4 heteroatoms. The average molecular weight is 286 g/mol. The summed E-state index contributed by atoms with van der Waals surface area (Å²) in [6, 6.07) is 0. The fourth-order valence-electron chi connectivity index (χ4n) is 3.75. The number of aliphatic hydroxyl groups excluding tert-OH is 3. The summed E-state index contributed by atoms with van der Waals surface area (Å²) in [5, 5.41) is 28.8. The summed E-state index contributed by atoms with van der Waals surface area (Å²) in [5.74, 6) is 1.52. The molecule has 0 amide bonds. The fourth-order valence-corrected chi connectivity index (χ4v) is 3.75. The van der Waals surface area contributed by atoms with E-state index < -0.39 is 18.3 Å². The predicted molar refractivity (Wildman–Crippen MR) is 77.4 cm³/mol. The Hall–Kier alpha value is -0.160. The molecule has 2 fully saturated rings. The Bertz CT molecular complexity index is 274. The van der Waals surface area contributed by atoms with Crippen LogP contribution in [0.5, 0.6) is 0 Å². The zero-order valence-corrected chi connectivity index (χ0v) is 12.6. The van der Waals surface area contributed by atoms with Gasteiger partial charge in [-0.25, -0.2) is 0 Å². The van der Waals surface area contributed by atoms with E-state index in [1.807, 2.05) is 0 Å². The molecule has 4 atom stereocenters. The highest BCUT2D eigenvalue weighted by Gasteiger charge is 2.37. The van der Waals surface area contributed by atoms with Crippen molar-refractivity contribution in [1.29, 1.82) is 0 Å². The van der Waals surface area contributed by atoms with E-state index in [0.29, 0.717) is 12.3 Å². The third-order valence-corrected chi connectivity index (χ3v) is 5.04. The van der Waals surface area contributed by atoms with Gasteiger partial charge in [0.05, 0.1) is 18.8 Å². The Morgan fingerprint density at radius 3 is 2.30 bits per heavy atom. The lowest BCUT2D eigenvalue weighted by atomic mass is 9.82. The highest BCUT2D eigenvalue weighted by molar-refractivity contribution is 4.86. The number of hydrogen-bond donors (Lipinski definition) is 3. The molecular weight excluding hydrogens is 256 g/mol. The fraction of sp³-hybridized carbons (Fsp3) is 1.00. The maximum atomic E-state index is 9.87. The van der Waals surface area contributed by atoms with Crippen LogP contribution in [-0.4, -0.2) is 46.3 Å². The Morgan fingerprint density at radius 1 is 1.05 bits per heavy atom. The summed E-state index contributed by atoms with van der Waals surface area (Å²) in [6.07, 6.45) is 6.78. The van der Waals surface area contributed by atoms with Crippen LogP contribution in [0.15, 0.2) is 0 Å². The molecule has 0 spiro atoms. The maximum Gasteiger partial charge on any atom is 0.109 e. The molecule has 0 aromatic heterocycles. The summed E-state index contributed by atoms with van der Waals surface area (Å²) >= 11 is 0.